The van der Waals surface area contributed by atoms with Crippen LogP contribution in [0.4, 0.5) is 0 Å². The predicted molar refractivity (Wildman–Crippen MR) is 79.2 cm³/mol. The maximum atomic E-state index is 12.0. The maximum absolute atomic E-state index is 12.0. The van der Waals surface area contributed by atoms with E-state index in [2.05, 4.69) is 5.32 Å². The lowest BCUT2D eigenvalue weighted by molar-refractivity contribution is -0.141. The van der Waals surface area contributed by atoms with Crippen LogP contribution in [0.3, 0.4) is 0 Å². The predicted octanol–water partition coefficient (Wildman–Crippen LogP) is 2.57. The third kappa shape index (κ3) is 3.24. The fraction of sp³-hybridized carbons (Fsp3) is 0.375. The summed E-state index contributed by atoms with van der Waals surface area (Å²) in [4.78, 5) is 22.9. The number of carboxylic acids is 1. The van der Waals surface area contributed by atoms with Crippen LogP contribution < -0.4 is 5.32 Å². The molecule has 2 aromatic rings. The van der Waals surface area contributed by atoms with Gasteiger partial charge in [0.05, 0.1) is 12.7 Å². The average Bonchev–Trinajstić information content (AvgIpc) is 2.78. The smallest absolute Gasteiger partial charge is 0.326 e. The van der Waals surface area contributed by atoms with Gasteiger partial charge in [-0.3, -0.25) is 4.79 Å². The summed E-state index contributed by atoms with van der Waals surface area (Å²) in [6.07, 6.45) is 2.02. The van der Waals surface area contributed by atoms with Crippen LogP contribution in [0.25, 0.3) is 11.0 Å². The Morgan fingerprint density at radius 2 is 1.95 bits per heavy atom. The molecule has 1 amide bonds. The van der Waals surface area contributed by atoms with Gasteiger partial charge in [0.15, 0.2) is 0 Å². The molecule has 0 fully saturated rings. The minimum atomic E-state index is -1.02. The van der Waals surface area contributed by atoms with E-state index in [0.717, 1.165) is 27.7 Å². The third-order valence-electron chi connectivity index (χ3n) is 3.66. The largest absolute Gasteiger partial charge is 0.480 e. The molecule has 112 valence electrons. The summed E-state index contributed by atoms with van der Waals surface area (Å²) >= 11 is 0. The molecule has 2 N–H and O–H groups in total. The summed E-state index contributed by atoms with van der Waals surface area (Å²) in [6, 6.07) is 3.09. The fourth-order valence-corrected chi connectivity index (χ4v) is 2.23. The number of aliphatic carboxylic acids is 1. The normalized spacial score (nSPS) is 12.3. The van der Waals surface area contributed by atoms with Crippen molar-refractivity contribution in [2.45, 2.75) is 39.7 Å². The number of rotatable bonds is 5. The molecule has 0 aliphatic heterocycles. The van der Waals surface area contributed by atoms with Crippen molar-refractivity contribution < 1.29 is 19.1 Å². The van der Waals surface area contributed by atoms with Crippen LogP contribution in [0.2, 0.25) is 0 Å². The molecule has 5 nitrogen and oxygen atoms in total. The molecule has 1 atom stereocenters. The fourth-order valence-electron chi connectivity index (χ4n) is 2.23. The second kappa shape index (κ2) is 5.99. The summed E-state index contributed by atoms with van der Waals surface area (Å²) in [7, 11) is 0. The quantitative estimate of drug-likeness (QED) is 0.886. The Morgan fingerprint density at radius 1 is 1.29 bits per heavy atom. The molecule has 1 unspecified atom stereocenters. The van der Waals surface area contributed by atoms with Gasteiger partial charge in [0.1, 0.15) is 11.6 Å². The highest BCUT2D eigenvalue weighted by molar-refractivity contribution is 5.90. The van der Waals surface area contributed by atoms with E-state index in [1.165, 1.54) is 0 Å². The van der Waals surface area contributed by atoms with E-state index in [1.54, 1.807) is 13.2 Å². The number of hydrogen-bond acceptors (Lipinski definition) is 3. The number of amides is 1. The van der Waals surface area contributed by atoms with Crippen LogP contribution in [0.15, 0.2) is 22.8 Å². The van der Waals surface area contributed by atoms with Crippen LogP contribution in [0, 0.1) is 13.8 Å². The number of carbonyl (C=O) groups excluding carboxylic acids is 1. The molecular weight excluding hydrogens is 270 g/mol. The van der Waals surface area contributed by atoms with Crippen molar-refractivity contribution in [3.8, 4) is 0 Å². The highest BCUT2D eigenvalue weighted by atomic mass is 16.4. The Balaban J connectivity index is 2.18. The van der Waals surface area contributed by atoms with Crippen molar-refractivity contribution in [3.63, 3.8) is 0 Å². The molecule has 2 rings (SSSR count). The number of carbonyl (C=O) groups is 2. The highest BCUT2D eigenvalue weighted by Gasteiger charge is 2.19. The molecule has 0 spiro atoms. The van der Waals surface area contributed by atoms with E-state index in [4.69, 9.17) is 9.52 Å². The Morgan fingerprint density at radius 3 is 2.57 bits per heavy atom. The molecule has 1 aromatic heterocycles. The van der Waals surface area contributed by atoms with E-state index in [0.29, 0.717) is 6.42 Å². The third-order valence-corrected chi connectivity index (χ3v) is 3.66. The summed E-state index contributed by atoms with van der Waals surface area (Å²) in [5.74, 6) is -1.33. The summed E-state index contributed by atoms with van der Waals surface area (Å²) in [6.45, 7) is 5.73. The lowest BCUT2D eigenvalue weighted by atomic mass is 10.0. The topological polar surface area (TPSA) is 79.5 Å². The first-order valence-electron chi connectivity index (χ1n) is 6.91. The molecular formula is C16H19NO4. The molecule has 0 bridgehead atoms. The molecule has 1 heterocycles. The number of hydrogen-bond donors (Lipinski definition) is 2. The Kier molecular flexibility index (Phi) is 4.31. The lowest BCUT2D eigenvalue weighted by Gasteiger charge is -2.11. The van der Waals surface area contributed by atoms with Crippen molar-refractivity contribution in [1.82, 2.24) is 5.32 Å². The van der Waals surface area contributed by atoms with E-state index < -0.39 is 12.0 Å². The van der Waals surface area contributed by atoms with Gasteiger partial charge in [-0.2, -0.15) is 0 Å². The first-order valence-corrected chi connectivity index (χ1v) is 6.91. The van der Waals surface area contributed by atoms with Gasteiger partial charge in [-0.15, -0.1) is 0 Å². The van der Waals surface area contributed by atoms with Crippen LogP contribution in [-0.2, 0) is 16.0 Å². The van der Waals surface area contributed by atoms with Gasteiger partial charge in [0.2, 0.25) is 5.91 Å². The van der Waals surface area contributed by atoms with Crippen LogP contribution in [0.1, 0.15) is 30.0 Å². The van der Waals surface area contributed by atoms with Crippen molar-refractivity contribution in [3.05, 3.63) is 35.1 Å². The number of furan rings is 1. The van der Waals surface area contributed by atoms with Crippen LogP contribution in [0.5, 0.6) is 0 Å². The van der Waals surface area contributed by atoms with Crippen molar-refractivity contribution >= 4 is 22.8 Å². The average molecular weight is 289 g/mol. The van der Waals surface area contributed by atoms with Gasteiger partial charge < -0.3 is 14.8 Å². The standard InChI is InChI=1S/C16H19NO4/c1-4-13(16(19)20)17-15(18)7-11-8-21-14-6-10(3)9(2)5-12(11)14/h5-6,8,13H,4,7H2,1-3H3,(H,17,18)(H,19,20). The summed E-state index contributed by atoms with van der Waals surface area (Å²) in [5.41, 5.74) is 3.77. The minimum Gasteiger partial charge on any atom is -0.480 e. The molecule has 0 saturated heterocycles. The first-order chi connectivity index (χ1) is 9.92. The maximum Gasteiger partial charge on any atom is 0.326 e. The van der Waals surface area contributed by atoms with Gasteiger partial charge >= 0.3 is 5.97 Å². The van der Waals surface area contributed by atoms with Crippen LogP contribution >= 0.6 is 0 Å². The summed E-state index contributed by atoms with van der Waals surface area (Å²) in [5, 5.41) is 12.4. The monoisotopic (exact) mass is 289 g/mol. The van der Waals surface area contributed by atoms with Crippen molar-refractivity contribution in [2.24, 2.45) is 0 Å². The van der Waals surface area contributed by atoms with E-state index in [1.807, 2.05) is 26.0 Å². The highest BCUT2D eigenvalue weighted by Crippen LogP contribution is 2.25. The zero-order valence-corrected chi connectivity index (χ0v) is 12.4. The zero-order chi connectivity index (χ0) is 15.6. The van der Waals surface area contributed by atoms with Gasteiger partial charge in [-0.25, -0.2) is 4.79 Å². The van der Waals surface area contributed by atoms with Gasteiger partial charge in [0, 0.05) is 10.9 Å². The van der Waals surface area contributed by atoms with Gasteiger partial charge in [-0.1, -0.05) is 6.92 Å². The van der Waals surface area contributed by atoms with Gasteiger partial charge in [0.25, 0.3) is 0 Å². The number of fused-ring (bicyclic) bond motifs is 1. The second-order valence-electron chi connectivity index (χ2n) is 5.24. The van der Waals surface area contributed by atoms with Crippen molar-refractivity contribution in [1.29, 1.82) is 0 Å². The number of carboxylic acid groups (broad SMARTS) is 1. The molecule has 1 aromatic carbocycles. The molecule has 0 saturated carbocycles. The van der Waals surface area contributed by atoms with Crippen molar-refractivity contribution in [2.75, 3.05) is 0 Å². The summed E-state index contributed by atoms with van der Waals surface area (Å²) < 4.78 is 5.47. The van der Waals surface area contributed by atoms with E-state index >= 15 is 0 Å². The SMILES string of the molecule is CCC(NC(=O)Cc1coc2cc(C)c(C)cc12)C(=O)O. The minimum absolute atomic E-state index is 0.110. The Hall–Kier alpha value is -2.30. The van der Waals surface area contributed by atoms with E-state index in [9.17, 15) is 9.59 Å². The molecule has 0 radical (unpaired) electrons. The molecule has 0 aliphatic rings. The Bertz CT molecular complexity index is 687. The van der Waals surface area contributed by atoms with Gasteiger partial charge in [-0.05, 0) is 43.5 Å². The van der Waals surface area contributed by atoms with E-state index in [-0.39, 0.29) is 12.3 Å². The Labute approximate surface area is 122 Å². The van der Waals surface area contributed by atoms with Crippen LogP contribution in [-0.4, -0.2) is 23.0 Å². The molecule has 5 heteroatoms. The zero-order valence-electron chi connectivity index (χ0n) is 12.4. The second-order valence-corrected chi connectivity index (χ2v) is 5.24. The lowest BCUT2D eigenvalue weighted by Crippen LogP contribution is -2.40. The number of benzene rings is 1. The number of aryl methyl sites for hydroxylation is 2. The molecule has 0 aliphatic carbocycles. The number of nitrogens with one attached hydrogen (secondary N) is 1. The molecule has 21 heavy (non-hydrogen) atoms. The first kappa shape index (κ1) is 15.1.